The van der Waals surface area contributed by atoms with Gasteiger partial charge in [0, 0.05) is 25.7 Å². The molecule has 1 saturated heterocycles. The smallest absolute Gasteiger partial charge is 0.237 e. The Morgan fingerprint density at radius 1 is 1.27 bits per heavy atom. The van der Waals surface area contributed by atoms with Gasteiger partial charge in [0.1, 0.15) is 0 Å². The SMILES string of the molecule is CCCNC(=O)CN1CCC(NC(=O)C(N)C(C)CC)CC1. The maximum Gasteiger partial charge on any atom is 0.237 e. The number of rotatable bonds is 8. The van der Waals surface area contributed by atoms with Crippen molar-refractivity contribution in [3.63, 3.8) is 0 Å². The molecule has 2 amide bonds. The van der Waals surface area contributed by atoms with Gasteiger partial charge in [0.2, 0.25) is 11.8 Å². The molecule has 0 bridgehead atoms. The van der Waals surface area contributed by atoms with Crippen molar-refractivity contribution < 1.29 is 9.59 Å². The molecule has 128 valence electrons. The zero-order valence-electron chi connectivity index (χ0n) is 14.2. The summed E-state index contributed by atoms with van der Waals surface area (Å²) in [4.78, 5) is 25.9. The van der Waals surface area contributed by atoms with Crippen LogP contribution in [0, 0.1) is 5.92 Å². The van der Waals surface area contributed by atoms with Crippen LogP contribution >= 0.6 is 0 Å². The number of likely N-dealkylation sites (tertiary alicyclic amines) is 1. The molecule has 6 nitrogen and oxygen atoms in total. The Kier molecular flexibility index (Phi) is 8.42. The van der Waals surface area contributed by atoms with E-state index in [1.54, 1.807) is 0 Å². The van der Waals surface area contributed by atoms with Gasteiger partial charge in [0.25, 0.3) is 0 Å². The first kappa shape index (κ1) is 18.9. The van der Waals surface area contributed by atoms with Gasteiger partial charge >= 0.3 is 0 Å². The largest absolute Gasteiger partial charge is 0.355 e. The lowest BCUT2D eigenvalue weighted by Gasteiger charge is -2.32. The molecular weight excluding hydrogens is 280 g/mol. The molecule has 1 rings (SSSR count). The van der Waals surface area contributed by atoms with Gasteiger partial charge in [-0.25, -0.2) is 0 Å². The normalized spacial score (nSPS) is 19.5. The monoisotopic (exact) mass is 312 g/mol. The van der Waals surface area contributed by atoms with Crippen LogP contribution in [0.4, 0.5) is 0 Å². The minimum Gasteiger partial charge on any atom is -0.355 e. The van der Waals surface area contributed by atoms with Crippen molar-refractivity contribution in [3.8, 4) is 0 Å². The molecule has 2 atom stereocenters. The van der Waals surface area contributed by atoms with Crippen LogP contribution in [0.3, 0.4) is 0 Å². The average Bonchev–Trinajstić information content (AvgIpc) is 2.53. The van der Waals surface area contributed by atoms with E-state index in [0.29, 0.717) is 6.54 Å². The van der Waals surface area contributed by atoms with Crippen LogP contribution in [0.5, 0.6) is 0 Å². The summed E-state index contributed by atoms with van der Waals surface area (Å²) in [6.07, 6.45) is 3.61. The number of piperidine rings is 1. The Hall–Kier alpha value is -1.14. The second kappa shape index (κ2) is 9.79. The van der Waals surface area contributed by atoms with E-state index in [-0.39, 0.29) is 23.8 Å². The molecule has 6 heteroatoms. The Morgan fingerprint density at radius 2 is 1.91 bits per heavy atom. The van der Waals surface area contributed by atoms with E-state index in [2.05, 4.69) is 15.5 Å². The summed E-state index contributed by atoms with van der Waals surface area (Å²) in [6, 6.07) is -0.250. The van der Waals surface area contributed by atoms with Crippen LogP contribution < -0.4 is 16.4 Å². The van der Waals surface area contributed by atoms with Crippen LogP contribution in [0.2, 0.25) is 0 Å². The van der Waals surface area contributed by atoms with E-state index >= 15 is 0 Å². The lowest BCUT2D eigenvalue weighted by atomic mass is 9.98. The van der Waals surface area contributed by atoms with Crippen molar-refractivity contribution in [2.45, 2.75) is 58.5 Å². The van der Waals surface area contributed by atoms with Gasteiger partial charge in [0.15, 0.2) is 0 Å². The average molecular weight is 312 g/mol. The molecular formula is C16H32N4O2. The van der Waals surface area contributed by atoms with Gasteiger partial charge in [-0.05, 0) is 25.2 Å². The van der Waals surface area contributed by atoms with E-state index in [0.717, 1.165) is 45.3 Å². The molecule has 4 N–H and O–H groups in total. The first-order valence-electron chi connectivity index (χ1n) is 8.52. The van der Waals surface area contributed by atoms with E-state index in [1.807, 2.05) is 20.8 Å². The highest BCUT2D eigenvalue weighted by molar-refractivity contribution is 5.82. The van der Waals surface area contributed by atoms with Crippen LogP contribution in [-0.4, -0.2) is 55.0 Å². The van der Waals surface area contributed by atoms with Gasteiger partial charge < -0.3 is 16.4 Å². The number of carbonyl (C=O) groups is 2. The van der Waals surface area contributed by atoms with Crippen molar-refractivity contribution in [3.05, 3.63) is 0 Å². The zero-order chi connectivity index (χ0) is 16.5. The van der Waals surface area contributed by atoms with E-state index in [1.165, 1.54) is 0 Å². The van der Waals surface area contributed by atoms with Gasteiger partial charge in [-0.2, -0.15) is 0 Å². The van der Waals surface area contributed by atoms with Crippen LogP contribution in [0.25, 0.3) is 0 Å². The molecule has 2 unspecified atom stereocenters. The summed E-state index contributed by atoms with van der Waals surface area (Å²) < 4.78 is 0. The number of amides is 2. The van der Waals surface area contributed by atoms with Crippen molar-refractivity contribution >= 4 is 11.8 Å². The molecule has 0 spiro atoms. The topological polar surface area (TPSA) is 87.5 Å². The van der Waals surface area contributed by atoms with E-state index in [4.69, 9.17) is 5.73 Å². The molecule has 0 aliphatic carbocycles. The maximum absolute atomic E-state index is 12.1. The fourth-order valence-electron chi connectivity index (χ4n) is 2.57. The Bertz CT molecular complexity index is 354. The van der Waals surface area contributed by atoms with Crippen molar-refractivity contribution in [2.75, 3.05) is 26.2 Å². The van der Waals surface area contributed by atoms with Crippen molar-refractivity contribution in [1.82, 2.24) is 15.5 Å². The third kappa shape index (κ3) is 6.32. The number of carbonyl (C=O) groups excluding carboxylic acids is 2. The second-order valence-corrected chi connectivity index (χ2v) is 6.32. The molecule has 0 radical (unpaired) electrons. The van der Waals surface area contributed by atoms with E-state index in [9.17, 15) is 9.59 Å². The third-order valence-electron chi connectivity index (χ3n) is 4.43. The highest BCUT2D eigenvalue weighted by atomic mass is 16.2. The quantitative estimate of drug-likeness (QED) is 0.608. The zero-order valence-corrected chi connectivity index (χ0v) is 14.2. The number of nitrogens with two attached hydrogens (primary N) is 1. The molecule has 0 saturated carbocycles. The Balaban J connectivity index is 2.27. The summed E-state index contributed by atoms with van der Waals surface area (Å²) in [6.45, 7) is 8.94. The highest BCUT2D eigenvalue weighted by Crippen LogP contribution is 2.11. The summed E-state index contributed by atoms with van der Waals surface area (Å²) in [5.41, 5.74) is 5.95. The molecule has 1 aliphatic heterocycles. The molecule has 1 fully saturated rings. The molecule has 0 aromatic carbocycles. The summed E-state index contributed by atoms with van der Waals surface area (Å²) in [5.74, 6) is 0.235. The second-order valence-electron chi connectivity index (χ2n) is 6.32. The van der Waals surface area contributed by atoms with Gasteiger partial charge in [-0.3, -0.25) is 14.5 Å². The van der Waals surface area contributed by atoms with Gasteiger partial charge in [-0.1, -0.05) is 27.2 Å². The van der Waals surface area contributed by atoms with Gasteiger partial charge in [0.05, 0.1) is 12.6 Å². The van der Waals surface area contributed by atoms with E-state index < -0.39 is 6.04 Å². The molecule has 0 aromatic rings. The minimum atomic E-state index is -0.428. The lowest BCUT2D eigenvalue weighted by Crippen LogP contribution is -2.52. The highest BCUT2D eigenvalue weighted by Gasteiger charge is 2.25. The Labute approximate surface area is 134 Å². The van der Waals surface area contributed by atoms with Crippen LogP contribution in [0.1, 0.15) is 46.5 Å². The molecule has 1 heterocycles. The van der Waals surface area contributed by atoms with Crippen molar-refractivity contribution in [2.24, 2.45) is 11.7 Å². The molecule has 1 aliphatic rings. The number of nitrogens with one attached hydrogen (secondary N) is 2. The number of hydrogen-bond acceptors (Lipinski definition) is 4. The summed E-state index contributed by atoms with van der Waals surface area (Å²) >= 11 is 0. The lowest BCUT2D eigenvalue weighted by molar-refractivity contribution is -0.125. The number of hydrogen-bond donors (Lipinski definition) is 3. The van der Waals surface area contributed by atoms with Crippen LogP contribution in [0.15, 0.2) is 0 Å². The predicted octanol–water partition coefficient (Wildman–Crippen LogP) is 0.467. The molecule has 22 heavy (non-hydrogen) atoms. The molecule has 0 aromatic heterocycles. The van der Waals surface area contributed by atoms with Gasteiger partial charge in [-0.15, -0.1) is 0 Å². The first-order valence-corrected chi connectivity index (χ1v) is 8.52. The maximum atomic E-state index is 12.1. The summed E-state index contributed by atoms with van der Waals surface area (Å²) in [5, 5.41) is 5.94. The standard InChI is InChI=1S/C16H32N4O2/c1-4-8-18-14(21)11-20-9-6-13(7-10-20)19-16(22)15(17)12(3)5-2/h12-13,15H,4-11,17H2,1-3H3,(H,18,21)(H,19,22). The fraction of sp³-hybridized carbons (Fsp3) is 0.875. The van der Waals surface area contributed by atoms with Crippen LogP contribution in [-0.2, 0) is 9.59 Å². The predicted molar refractivity (Wildman–Crippen MR) is 88.3 cm³/mol. The minimum absolute atomic E-state index is 0.0477. The number of nitrogens with zero attached hydrogens (tertiary/aromatic N) is 1. The summed E-state index contributed by atoms with van der Waals surface area (Å²) in [7, 11) is 0. The third-order valence-corrected chi connectivity index (χ3v) is 4.43. The van der Waals surface area contributed by atoms with Crippen molar-refractivity contribution in [1.29, 1.82) is 0 Å². The first-order chi connectivity index (χ1) is 10.5. The fourth-order valence-corrected chi connectivity index (χ4v) is 2.57. The Morgan fingerprint density at radius 3 is 2.45 bits per heavy atom.